The Morgan fingerprint density at radius 3 is 2.81 bits per heavy atom. The lowest BCUT2D eigenvalue weighted by Crippen LogP contribution is -2.42. The molecule has 2 aromatic rings. The fraction of sp³-hybridized carbons (Fsp3) is 0.556. The van der Waals surface area contributed by atoms with Gasteiger partial charge in [-0.25, -0.2) is 4.98 Å². The minimum absolute atomic E-state index is 0.136. The zero-order valence-corrected chi connectivity index (χ0v) is 15.8. The highest BCUT2D eigenvalue weighted by Gasteiger charge is 2.28. The number of anilines is 1. The first-order valence-electron chi connectivity index (χ1n) is 8.82. The highest BCUT2D eigenvalue weighted by Crippen LogP contribution is 2.27. The summed E-state index contributed by atoms with van der Waals surface area (Å²) in [5.41, 5.74) is 2.88. The van der Waals surface area contributed by atoms with Crippen molar-refractivity contribution in [1.82, 2.24) is 24.6 Å². The quantitative estimate of drug-likeness (QED) is 0.797. The number of morpholine rings is 1. The monoisotopic (exact) mass is 358 g/mol. The molecule has 1 fully saturated rings. The molecule has 140 valence electrons. The lowest BCUT2D eigenvalue weighted by atomic mass is 10.1. The lowest BCUT2D eigenvalue weighted by Gasteiger charge is -2.33. The SMILES string of the molecule is Cc1nn(C)cc1CCC(=O)N1CCO[C@@H](c2nccnc2N(C)C)C1. The van der Waals surface area contributed by atoms with E-state index in [-0.39, 0.29) is 12.0 Å². The smallest absolute Gasteiger partial charge is 0.223 e. The third-order valence-corrected chi connectivity index (χ3v) is 4.58. The molecule has 1 aliphatic rings. The topological polar surface area (TPSA) is 76.4 Å². The Labute approximate surface area is 153 Å². The highest BCUT2D eigenvalue weighted by molar-refractivity contribution is 5.76. The van der Waals surface area contributed by atoms with E-state index in [1.54, 1.807) is 17.1 Å². The summed E-state index contributed by atoms with van der Waals surface area (Å²) in [5, 5.41) is 4.33. The number of aryl methyl sites for hydroxylation is 3. The molecule has 8 nitrogen and oxygen atoms in total. The number of carbonyl (C=O) groups is 1. The van der Waals surface area contributed by atoms with E-state index in [0.29, 0.717) is 32.5 Å². The zero-order chi connectivity index (χ0) is 18.7. The molecule has 3 heterocycles. The number of aromatic nitrogens is 4. The van der Waals surface area contributed by atoms with Gasteiger partial charge in [0.25, 0.3) is 0 Å². The van der Waals surface area contributed by atoms with Gasteiger partial charge in [0.2, 0.25) is 5.91 Å². The standard InChI is InChI=1S/C18H26N6O2/c1-13-14(11-23(4)21-13)5-6-16(25)24-9-10-26-15(12-24)17-18(22(2)3)20-8-7-19-17/h7-8,11,15H,5-6,9-10,12H2,1-4H3/t15-/m1/s1. The number of amides is 1. The second kappa shape index (κ2) is 7.82. The van der Waals surface area contributed by atoms with Crippen LogP contribution in [-0.4, -0.2) is 64.3 Å². The van der Waals surface area contributed by atoms with Crippen molar-refractivity contribution < 1.29 is 9.53 Å². The van der Waals surface area contributed by atoms with Gasteiger partial charge in [-0.05, 0) is 18.9 Å². The molecular formula is C18H26N6O2. The van der Waals surface area contributed by atoms with Crippen molar-refractivity contribution in [2.24, 2.45) is 7.05 Å². The van der Waals surface area contributed by atoms with Crippen LogP contribution >= 0.6 is 0 Å². The van der Waals surface area contributed by atoms with Crippen LogP contribution in [0, 0.1) is 6.92 Å². The van der Waals surface area contributed by atoms with E-state index in [4.69, 9.17) is 4.74 Å². The van der Waals surface area contributed by atoms with Gasteiger partial charge in [-0.15, -0.1) is 0 Å². The van der Waals surface area contributed by atoms with Crippen LogP contribution in [0.25, 0.3) is 0 Å². The van der Waals surface area contributed by atoms with Crippen LogP contribution in [0.1, 0.15) is 29.5 Å². The van der Waals surface area contributed by atoms with Gasteiger partial charge < -0.3 is 14.5 Å². The third kappa shape index (κ3) is 4.01. The molecule has 1 saturated heterocycles. The second-order valence-corrected chi connectivity index (χ2v) is 6.77. The molecule has 1 amide bonds. The third-order valence-electron chi connectivity index (χ3n) is 4.58. The molecule has 3 rings (SSSR count). The molecule has 26 heavy (non-hydrogen) atoms. The first-order chi connectivity index (χ1) is 12.5. The maximum Gasteiger partial charge on any atom is 0.223 e. The number of nitrogens with zero attached hydrogens (tertiary/aromatic N) is 6. The maximum absolute atomic E-state index is 12.7. The Bertz CT molecular complexity index is 773. The highest BCUT2D eigenvalue weighted by atomic mass is 16.5. The van der Waals surface area contributed by atoms with E-state index in [1.807, 2.05) is 44.1 Å². The van der Waals surface area contributed by atoms with Gasteiger partial charge in [0, 0.05) is 52.7 Å². The van der Waals surface area contributed by atoms with Crippen LogP contribution in [0.5, 0.6) is 0 Å². The Kier molecular flexibility index (Phi) is 5.51. The summed E-state index contributed by atoms with van der Waals surface area (Å²) in [5.74, 6) is 0.912. The molecule has 0 N–H and O–H groups in total. The van der Waals surface area contributed by atoms with Gasteiger partial charge in [-0.3, -0.25) is 14.5 Å². The van der Waals surface area contributed by atoms with Crippen LogP contribution in [0.15, 0.2) is 18.6 Å². The van der Waals surface area contributed by atoms with Crippen LogP contribution < -0.4 is 4.90 Å². The number of hydrogen-bond donors (Lipinski definition) is 0. The van der Waals surface area contributed by atoms with Crippen molar-refractivity contribution in [3.05, 3.63) is 35.5 Å². The molecule has 0 aliphatic carbocycles. The van der Waals surface area contributed by atoms with Crippen molar-refractivity contribution in [2.45, 2.75) is 25.9 Å². The van der Waals surface area contributed by atoms with Gasteiger partial charge in [0.1, 0.15) is 11.8 Å². The van der Waals surface area contributed by atoms with E-state index in [2.05, 4.69) is 15.1 Å². The summed E-state index contributed by atoms with van der Waals surface area (Å²) in [7, 11) is 5.75. The van der Waals surface area contributed by atoms with Gasteiger partial charge in [0.15, 0.2) is 5.82 Å². The van der Waals surface area contributed by atoms with E-state index in [1.165, 1.54) is 0 Å². The van der Waals surface area contributed by atoms with Crippen molar-refractivity contribution in [3.63, 3.8) is 0 Å². The van der Waals surface area contributed by atoms with Gasteiger partial charge >= 0.3 is 0 Å². The van der Waals surface area contributed by atoms with Crippen molar-refractivity contribution in [1.29, 1.82) is 0 Å². The van der Waals surface area contributed by atoms with Gasteiger partial charge in [-0.1, -0.05) is 0 Å². The van der Waals surface area contributed by atoms with Crippen LogP contribution in [0.2, 0.25) is 0 Å². The summed E-state index contributed by atoms with van der Waals surface area (Å²) < 4.78 is 7.67. The molecule has 0 unspecified atom stereocenters. The van der Waals surface area contributed by atoms with E-state index in [9.17, 15) is 4.79 Å². The van der Waals surface area contributed by atoms with Crippen molar-refractivity contribution in [2.75, 3.05) is 38.7 Å². The molecule has 1 aliphatic heterocycles. The molecule has 1 atom stereocenters. The van der Waals surface area contributed by atoms with Crippen LogP contribution in [0.3, 0.4) is 0 Å². The summed E-state index contributed by atoms with van der Waals surface area (Å²) in [6.45, 7) is 3.59. The summed E-state index contributed by atoms with van der Waals surface area (Å²) >= 11 is 0. The zero-order valence-electron chi connectivity index (χ0n) is 15.8. The summed E-state index contributed by atoms with van der Waals surface area (Å²) in [4.78, 5) is 25.3. The molecule has 8 heteroatoms. The second-order valence-electron chi connectivity index (χ2n) is 6.77. The number of carbonyl (C=O) groups excluding carboxylic acids is 1. The van der Waals surface area contributed by atoms with E-state index in [0.717, 1.165) is 22.8 Å². The van der Waals surface area contributed by atoms with Crippen molar-refractivity contribution in [3.8, 4) is 0 Å². The normalized spacial score (nSPS) is 17.4. The number of hydrogen-bond acceptors (Lipinski definition) is 6. The molecule has 0 aromatic carbocycles. The Hall–Kier alpha value is -2.48. The molecule has 0 saturated carbocycles. The molecule has 0 spiro atoms. The van der Waals surface area contributed by atoms with E-state index >= 15 is 0 Å². The fourth-order valence-electron chi connectivity index (χ4n) is 3.25. The molecule has 2 aromatic heterocycles. The number of rotatable bonds is 5. The molecule has 0 radical (unpaired) electrons. The Morgan fingerprint density at radius 2 is 2.12 bits per heavy atom. The predicted octanol–water partition coefficient (Wildman–Crippen LogP) is 1.12. The first-order valence-corrected chi connectivity index (χ1v) is 8.82. The fourth-order valence-corrected chi connectivity index (χ4v) is 3.25. The van der Waals surface area contributed by atoms with E-state index < -0.39 is 0 Å². The molecular weight excluding hydrogens is 332 g/mol. The van der Waals surface area contributed by atoms with Crippen LogP contribution in [-0.2, 0) is 23.0 Å². The predicted molar refractivity (Wildman–Crippen MR) is 97.9 cm³/mol. The first kappa shape index (κ1) is 18.3. The van der Waals surface area contributed by atoms with Crippen molar-refractivity contribution >= 4 is 11.7 Å². The Morgan fingerprint density at radius 1 is 1.35 bits per heavy atom. The maximum atomic E-state index is 12.7. The molecule has 0 bridgehead atoms. The average molecular weight is 358 g/mol. The minimum Gasteiger partial charge on any atom is -0.368 e. The minimum atomic E-state index is -0.251. The average Bonchev–Trinajstić information content (AvgIpc) is 2.97. The summed E-state index contributed by atoms with van der Waals surface area (Å²) in [6, 6.07) is 0. The Balaban J connectivity index is 1.65. The van der Waals surface area contributed by atoms with Gasteiger partial charge in [0.05, 0.1) is 18.8 Å². The van der Waals surface area contributed by atoms with Gasteiger partial charge in [-0.2, -0.15) is 5.10 Å². The largest absolute Gasteiger partial charge is 0.368 e. The lowest BCUT2D eigenvalue weighted by molar-refractivity contribution is -0.139. The summed E-state index contributed by atoms with van der Waals surface area (Å²) in [6.07, 6.45) is 6.24. The van der Waals surface area contributed by atoms with Crippen LogP contribution in [0.4, 0.5) is 5.82 Å². The number of ether oxygens (including phenoxy) is 1.